The van der Waals surface area contributed by atoms with Crippen LogP contribution < -0.4 is 10.2 Å². The number of hydrogen-bond donors (Lipinski definition) is 2. The summed E-state index contributed by atoms with van der Waals surface area (Å²) in [4.78, 5) is 14.9. The Hall–Kier alpha value is -3.96. The Morgan fingerprint density at radius 3 is 2.70 bits per heavy atom. The lowest BCUT2D eigenvalue weighted by Gasteiger charge is -2.28. The van der Waals surface area contributed by atoms with Crippen molar-refractivity contribution in [3.63, 3.8) is 0 Å². The number of H-pyrrole nitrogens is 1. The van der Waals surface area contributed by atoms with Crippen molar-refractivity contribution < 1.29 is 18.0 Å². The number of pyridine rings is 1. The third-order valence-electron chi connectivity index (χ3n) is 7.54. The van der Waals surface area contributed by atoms with Crippen LogP contribution in [0.2, 0.25) is 0 Å². The fourth-order valence-electron chi connectivity index (χ4n) is 5.68. The van der Waals surface area contributed by atoms with E-state index in [0.29, 0.717) is 19.4 Å². The Balaban J connectivity index is 1.24. The van der Waals surface area contributed by atoms with E-state index in [9.17, 15) is 13.6 Å². The molecule has 1 amide bonds. The average molecular weight is 511 g/mol. The van der Waals surface area contributed by atoms with Crippen molar-refractivity contribution in [2.75, 3.05) is 11.4 Å². The van der Waals surface area contributed by atoms with Crippen LogP contribution in [0.4, 0.5) is 18.9 Å². The predicted octanol–water partition coefficient (Wildman–Crippen LogP) is 4.06. The maximum atomic E-state index is 16.0. The van der Waals surface area contributed by atoms with Crippen LogP contribution in [0.5, 0.6) is 0 Å². The number of nitrogens with one attached hydrogen (secondary N) is 2. The van der Waals surface area contributed by atoms with Gasteiger partial charge in [0.1, 0.15) is 17.2 Å². The van der Waals surface area contributed by atoms with Gasteiger partial charge in [0.25, 0.3) is 5.91 Å². The number of carbonyl (C=O) groups is 1. The number of rotatable bonds is 5. The number of aromatic amines is 1. The van der Waals surface area contributed by atoms with Gasteiger partial charge in [0.05, 0.1) is 23.5 Å². The molecular weight excluding hydrogens is 485 g/mol. The molecule has 0 bridgehead atoms. The highest BCUT2D eigenvalue weighted by molar-refractivity contribution is 6.01. The number of anilines is 1. The molecule has 0 spiro atoms. The van der Waals surface area contributed by atoms with Gasteiger partial charge in [-0.15, -0.1) is 5.10 Å². The number of aromatic nitrogens is 6. The minimum absolute atomic E-state index is 0.0558. The van der Waals surface area contributed by atoms with E-state index in [1.54, 1.807) is 17.2 Å². The Labute approximate surface area is 210 Å². The molecule has 192 valence electrons. The van der Waals surface area contributed by atoms with E-state index >= 15 is 4.39 Å². The second-order valence-electron chi connectivity index (χ2n) is 9.69. The van der Waals surface area contributed by atoms with Gasteiger partial charge in [0, 0.05) is 30.3 Å². The molecule has 1 saturated carbocycles. The summed E-state index contributed by atoms with van der Waals surface area (Å²) in [6.07, 6.45) is 7.34. The van der Waals surface area contributed by atoms with Gasteiger partial charge in [-0.05, 0) is 73.2 Å². The molecule has 9 nitrogen and oxygen atoms in total. The highest BCUT2D eigenvalue weighted by Gasteiger charge is 2.32. The number of halogens is 3. The number of tetrazole rings is 1. The van der Waals surface area contributed by atoms with Crippen molar-refractivity contribution in [1.82, 2.24) is 35.6 Å². The maximum absolute atomic E-state index is 16.0. The molecule has 1 aromatic carbocycles. The maximum Gasteiger partial charge on any atom is 0.255 e. The summed E-state index contributed by atoms with van der Waals surface area (Å²) < 4.78 is 45.7. The number of nitrogens with zero attached hydrogens (tertiary/aromatic N) is 6. The second kappa shape index (κ2) is 9.49. The second-order valence-corrected chi connectivity index (χ2v) is 9.69. The first-order chi connectivity index (χ1) is 18.0. The van der Waals surface area contributed by atoms with Crippen LogP contribution in [0.25, 0.3) is 5.52 Å². The molecule has 12 heteroatoms. The van der Waals surface area contributed by atoms with E-state index < -0.39 is 29.4 Å². The quantitative estimate of drug-likeness (QED) is 0.420. The van der Waals surface area contributed by atoms with Crippen molar-refractivity contribution >= 4 is 17.1 Å². The lowest BCUT2D eigenvalue weighted by molar-refractivity contribution is 0.0927. The van der Waals surface area contributed by atoms with Gasteiger partial charge >= 0.3 is 0 Å². The molecule has 2 aliphatic rings. The van der Waals surface area contributed by atoms with E-state index in [1.807, 2.05) is 0 Å². The molecule has 1 saturated heterocycles. The van der Waals surface area contributed by atoms with Crippen LogP contribution in [0.1, 0.15) is 72.2 Å². The van der Waals surface area contributed by atoms with E-state index in [2.05, 4.69) is 31.0 Å². The SMILES string of the molecule is O=C(NC1CCC(c2nnn[nH]2)CC1)c1cnn2ccc(N3CCC[C@@H]3c3cc(F)ccc3F)c(F)c12. The first-order valence-corrected chi connectivity index (χ1v) is 12.4. The van der Waals surface area contributed by atoms with E-state index in [4.69, 9.17) is 0 Å². The summed E-state index contributed by atoms with van der Waals surface area (Å²) >= 11 is 0. The number of hydrogen-bond acceptors (Lipinski definition) is 6. The molecule has 2 fully saturated rings. The lowest BCUT2D eigenvalue weighted by atomic mass is 9.85. The number of amides is 1. The Bertz CT molecular complexity index is 1430. The van der Waals surface area contributed by atoms with Gasteiger partial charge in [-0.25, -0.2) is 22.8 Å². The molecule has 2 N–H and O–H groups in total. The Morgan fingerprint density at radius 1 is 1.08 bits per heavy atom. The molecule has 1 atom stereocenters. The summed E-state index contributed by atoms with van der Waals surface area (Å²) in [6.45, 7) is 0.479. The monoisotopic (exact) mass is 510 g/mol. The first kappa shape index (κ1) is 23.4. The molecule has 1 aliphatic heterocycles. The summed E-state index contributed by atoms with van der Waals surface area (Å²) in [7, 11) is 0. The van der Waals surface area contributed by atoms with Gasteiger partial charge < -0.3 is 10.2 Å². The molecular formula is C25H25F3N8O. The lowest BCUT2D eigenvalue weighted by Crippen LogP contribution is -2.37. The van der Waals surface area contributed by atoms with Crippen molar-refractivity contribution in [2.24, 2.45) is 0 Å². The van der Waals surface area contributed by atoms with Gasteiger partial charge in [-0.3, -0.25) is 4.79 Å². The number of benzene rings is 1. The summed E-state index contributed by atoms with van der Waals surface area (Å²) in [6, 6.07) is 4.32. The first-order valence-electron chi connectivity index (χ1n) is 12.4. The van der Waals surface area contributed by atoms with Crippen LogP contribution in [0.3, 0.4) is 0 Å². The zero-order valence-corrected chi connectivity index (χ0v) is 19.9. The summed E-state index contributed by atoms with van der Waals surface area (Å²) in [5.41, 5.74) is 0.615. The van der Waals surface area contributed by atoms with Crippen LogP contribution in [-0.2, 0) is 0 Å². The molecule has 0 unspecified atom stereocenters. The van der Waals surface area contributed by atoms with Crippen molar-refractivity contribution in [2.45, 2.75) is 56.5 Å². The Morgan fingerprint density at radius 2 is 1.92 bits per heavy atom. The number of fused-ring (bicyclic) bond motifs is 1. The fraction of sp³-hybridized carbons (Fsp3) is 0.400. The van der Waals surface area contributed by atoms with Gasteiger partial charge in [-0.2, -0.15) is 5.10 Å². The minimum atomic E-state index is -0.615. The summed E-state index contributed by atoms with van der Waals surface area (Å²) in [5, 5.41) is 21.2. The minimum Gasteiger partial charge on any atom is -0.362 e. The van der Waals surface area contributed by atoms with E-state index in [-0.39, 0.29) is 34.3 Å². The normalized spacial score (nSPS) is 22.0. The zero-order chi connectivity index (χ0) is 25.5. The smallest absolute Gasteiger partial charge is 0.255 e. The van der Waals surface area contributed by atoms with Crippen LogP contribution in [0.15, 0.2) is 36.7 Å². The van der Waals surface area contributed by atoms with E-state index in [1.165, 1.54) is 16.8 Å². The molecule has 1 aliphatic carbocycles. The third-order valence-corrected chi connectivity index (χ3v) is 7.54. The third kappa shape index (κ3) is 4.30. The highest BCUT2D eigenvalue weighted by atomic mass is 19.1. The zero-order valence-electron chi connectivity index (χ0n) is 19.9. The largest absolute Gasteiger partial charge is 0.362 e. The molecule has 37 heavy (non-hydrogen) atoms. The van der Waals surface area contributed by atoms with Crippen LogP contribution >= 0.6 is 0 Å². The highest BCUT2D eigenvalue weighted by Crippen LogP contribution is 2.39. The van der Waals surface area contributed by atoms with Crippen LogP contribution in [-0.4, -0.2) is 48.7 Å². The molecule has 6 rings (SSSR count). The summed E-state index contributed by atoms with van der Waals surface area (Å²) in [5.74, 6) is -1.11. The predicted molar refractivity (Wildman–Crippen MR) is 127 cm³/mol. The number of carbonyl (C=O) groups excluding carboxylic acids is 1. The Kier molecular flexibility index (Phi) is 6.01. The fourth-order valence-corrected chi connectivity index (χ4v) is 5.68. The van der Waals surface area contributed by atoms with Gasteiger partial charge in [0.2, 0.25) is 0 Å². The van der Waals surface area contributed by atoms with Crippen molar-refractivity contribution in [3.8, 4) is 0 Å². The van der Waals surface area contributed by atoms with Crippen LogP contribution in [0, 0.1) is 17.5 Å². The molecule has 3 aromatic heterocycles. The standard InChI is InChI=1S/C25H25F3N8O/c26-15-5-8-19(27)17(12-15)20-2-1-10-35(20)21-9-11-36-23(22(21)28)18(13-29-36)25(37)30-16-6-3-14(4-7-16)24-31-33-34-32-24/h5,8-9,11-14,16,20H,1-4,6-7,10H2,(H,30,37)(H,31,32,33,34)/t14?,16?,20-/m1/s1. The molecule has 4 heterocycles. The molecule has 0 radical (unpaired) electrons. The van der Waals surface area contributed by atoms with Gasteiger partial charge in [-0.1, -0.05) is 0 Å². The molecule has 4 aromatic rings. The van der Waals surface area contributed by atoms with E-state index in [0.717, 1.165) is 43.6 Å². The van der Waals surface area contributed by atoms with Crippen molar-refractivity contribution in [3.05, 3.63) is 71.1 Å². The van der Waals surface area contributed by atoms with Crippen molar-refractivity contribution in [1.29, 1.82) is 0 Å². The topological polar surface area (TPSA) is 104 Å². The van der Waals surface area contributed by atoms with Gasteiger partial charge in [0.15, 0.2) is 11.6 Å². The average Bonchev–Trinajstić information content (AvgIpc) is 3.67.